The summed E-state index contributed by atoms with van der Waals surface area (Å²) in [6, 6.07) is 0. The topological polar surface area (TPSA) is 110 Å². The van der Waals surface area contributed by atoms with Crippen molar-refractivity contribution in [3.05, 3.63) is 34.7 Å². The Kier molecular flexibility index (Phi) is 6.21. The van der Waals surface area contributed by atoms with E-state index in [1.165, 1.54) is 12.5 Å². The van der Waals surface area contributed by atoms with Crippen molar-refractivity contribution in [2.75, 3.05) is 19.5 Å². The molecule has 0 fully saturated rings. The number of anilines is 1. The zero-order chi connectivity index (χ0) is 20.2. The molecule has 146 valence electrons. The molecule has 27 heavy (non-hydrogen) atoms. The van der Waals surface area contributed by atoms with Gasteiger partial charge in [0.1, 0.15) is 17.0 Å². The normalized spacial score (nSPS) is 14.0. The molecule has 2 N–H and O–H groups in total. The van der Waals surface area contributed by atoms with Gasteiger partial charge in [0.15, 0.2) is 5.13 Å². The number of hydrogen-bond donors (Lipinski definition) is 2. The number of carbonyl (C=O) groups is 3. The summed E-state index contributed by atoms with van der Waals surface area (Å²) in [5, 5.41) is 7.02. The van der Waals surface area contributed by atoms with Crippen LogP contribution in [0.15, 0.2) is 29.1 Å². The third kappa shape index (κ3) is 5.81. The standard InChI is InChI=1S/C17H22N4O5S/c1-17(2,3)26-16(24)20-15-19-11(9-27-15)13(22)18-10-6-7-12(14(23)25-5)21(4)8-10/h7-9H,6H2,1-5H3,(H,18,22)(H,19,20,24). The fourth-order valence-corrected chi connectivity index (χ4v) is 2.83. The molecular weight excluding hydrogens is 372 g/mol. The first kappa shape index (κ1) is 20.4. The maximum absolute atomic E-state index is 12.3. The fraction of sp³-hybridized carbons (Fsp3) is 0.412. The smallest absolute Gasteiger partial charge is 0.413 e. The number of amides is 2. The van der Waals surface area contributed by atoms with Crippen LogP contribution >= 0.6 is 11.3 Å². The lowest BCUT2D eigenvalue weighted by Gasteiger charge is -2.22. The second-order valence-corrected chi connectivity index (χ2v) is 7.53. The van der Waals surface area contributed by atoms with Gasteiger partial charge in [-0.3, -0.25) is 10.1 Å². The van der Waals surface area contributed by atoms with E-state index in [1.54, 1.807) is 45.0 Å². The number of aromatic nitrogens is 1. The van der Waals surface area contributed by atoms with Crippen LogP contribution in [0.4, 0.5) is 9.93 Å². The molecule has 0 bridgehead atoms. The molecule has 0 radical (unpaired) electrons. The van der Waals surface area contributed by atoms with Gasteiger partial charge in [0.25, 0.3) is 5.91 Å². The number of thiazole rings is 1. The highest BCUT2D eigenvalue weighted by atomic mass is 32.1. The lowest BCUT2D eigenvalue weighted by Crippen LogP contribution is -2.29. The summed E-state index contributed by atoms with van der Waals surface area (Å²) in [7, 11) is 2.99. The Balaban J connectivity index is 1.95. The van der Waals surface area contributed by atoms with Crippen molar-refractivity contribution < 1.29 is 23.9 Å². The minimum Gasteiger partial charge on any atom is -0.464 e. The first-order valence-electron chi connectivity index (χ1n) is 8.08. The van der Waals surface area contributed by atoms with Crippen LogP contribution in [0.1, 0.15) is 37.7 Å². The summed E-state index contributed by atoms with van der Waals surface area (Å²) in [6.07, 6.45) is 3.03. The molecule has 9 nitrogen and oxygen atoms in total. The molecule has 1 aliphatic rings. The van der Waals surface area contributed by atoms with Crippen LogP contribution in [0.5, 0.6) is 0 Å². The van der Waals surface area contributed by atoms with Gasteiger partial charge in [0, 0.05) is 30.7 Å². The van der Waals surface area contributed by atoms with Crippen molar-refractivity contribution in [2.45, 2.75) is 32.8 Å². The molecule has 1 aromatic rings. The van der Waals surface area contributed by atoms with E-state index >= 15 is 0 Å². The van der Waals surface area contributed by atoms with E-state index in [0.717, 1.165) is 11.3 Å². The van der Waals surface area contributed by atoms with Gasteiger partial charge in [0.05, 0.1) is 7.11 Å². The number of rotatable bonds is 4. The summed E-state index contributed by atoms with van der Waals surface area (Å²) in [5.41, 5.74) is 0.535. The summed E-state index contributed by atoms with van der Waals surface area (Å²) >= 11 is 1.12. The van der Waals surface area contributed by atoms with Crippen LogP contribution in [0.2, 0.25) is 0 Å². The third-order valence-corrected chi connectivity index (χ3v) is 4.02. The molecule has 0 aromatic carbocycles. The van der Waals surface area contributed by atoms with Crippen molar-refractivity contribution in [1.82, 2.24) is 15.2 Å². The molecule has 0 saturated carbocycles. The molecule has 0 aliphatic carbocycles. The van der Waals surface area contributed by atoms with E-state index in [-0.39, 0.29) is 10.8 Å². The summed E-state index contributed by atoms with van der Waals surface area (Å²) in [4.78, 5) is 41.3. The molecule has 1 aliphatic heterocycles. The highest BCUT2D eigenvalue weighted by Crippen LogP contribution is 2.19. The van der Waals surface area contributed by atoms with Gasteiger partial charge in [-0.05, 0) is 26.8 Å². The molecule has 2 amide bonds. The second-order valence-electron chi connectivity index (χ2n) is 6.67. The first-order valence-corrected chi connectivity index (χ1v) is 8.96. The third-order valence-electron chi connectivity index (χ3n) is 3.26. The van der Waals surface area contributed by atoms with Crippen LogP contribution in [0.3, 0.4) is 0 Å². The van der Waals surface area contributed by atoms with Crippen molar-refractivity contribution in [2.24, 2.45) is 0 Å². The predicted octanol–water partition coefficient (Wildman–Crippen LogP) is 2.45. The van der Waals surface area contributed by atoms with Crippen molar-refractivity contribution in [1.29, 1.82) is 0 Å². The van der Waals surface area contributed by atoms with Gasteiger partial charge in [-0.2, -0.15) is 0 Å². The average molecular weight is 394 g/mol. The maximum atomic E-state index is 12.3. The van der Waals surface area contributed by atoms with Gasteiger partial charge < -0.3 is 19.7 Å². The molecule has 0 unspecified atom stereocenters. The number of methoxy groups -OCH3 is 1. The first-order chi connectivity index (χ1) is 12.6. The molecular formula is C17H22N4O5S. The van der Waals surface area contributed by atoms with Gasteiger partial charge in [-0.1, -0.05) is 0 Å². The monoisotopic (exact) mass is 394 g/mol. The Morgan fingerprint density at radius 1 is 1.26 bits per heavy atom. The summed E-state index contributed by atoms with van der Waals surface area (Å²) in [5.74, 6) is -0.866. The van der Waals surface area contributed by atoms with E-state index in [4.69, 9.17) is 9.47 Å². The number of likely N-dealkylation sites (N-methyl/N-ethyl adjacent to an activating group) is 1. The zero-order valence-electron chi connectivity index (χ0n) is 15.8. The van der Waals surface area contributed by atoms with Crippen LogP contribution in [0.25, 0.3) is 0 Å². The van der Waals surface area contributed by atoms with E-state index in [2.05, 4.69) is 15.6 Å². The molecule has 10 heteroatoms. The number of ether oxygens (including phenoxy) is 2. The highest BCUT2D eigenvalue weighted by molar-refractivity contribution is 7.14. The quantitative estimate of drug-likeness (QED) is 0.755. The molecule has 2 rings (SSSR count). The van der Waals surface area contributed by atoms with Crippen molar-refractivity contribution in [3.63, 3.8) is 0 Å². The average Bonchev–Trinajstić information content (AvgIpc) is 3.01. The van der Waals surface area contributed by atoms with Gasteiger partial charge in [0.2, 0.25) is 0 Å². The Morgan fingerprint density at radius 3 is 2.56 bits per heavy atom. The van der Waals surface area contributed by atoms with E-state index in [0.29, 0.717) is 17.8 Å². The molecule has 0 spiro atoms. The number of hydrogen-bond acceptors (Lipinski definition) is 8. The minimum atomic E-state index is -0.638. The SMILES string of the molecule is COC(=O)C1=CCC(NC(=O)c2csc(NC(=O)OC(C)(C)C)n2)=CN1C. The van der Waals surface area contributed by atoms with Crippen LogP contribution in [-0.2, 0) is 14.3 Å². The largest absolute Gasteiger partial charge is 0.464 e. The maximum Gasteiger partial charge on any atom is 0.413 e. The predicted molar refractivity (Wildman–Crippen MR) is 100.0 cm³/mol. The van der Waals surface area contributed by atoms with Crippen molar-refractivity contribution in [3.8, 4) is 0 Å². The van der Waals surface area contributed by atoms with Crippen LogP contribution in [-0.4, -0.2) is 47.6 Å². The number of nitrogens with one attached hydrogen (secondary N) is 2. The Labute approximate surface area is 161 Å². The second kappa shape index (κ2) is 8.21. The lowest BCUT2D eigenvalue weighted by molar-refractivity contribution is -0.137. The fourth-order valence-electron chi connectivity index (χ4n) is 2.16. The van der Waals surface area contributed by atoms with E-state index in [9.17, 15) is 14.4 Å². The number of esters is 1. The zero-order valence-corrected chi connectivity index (χ0v) is 16.6. The van der Waals surface area contributed by atoms with Gasteiger partial charge >= 0.3 is 12.1 Å². The number of carbonyl (C=O) groups excluding carboxylic acids is 3. The molecule has 1 aromatic heterocycles. The minimum absolute atomic E-state index is 0.164. The van der Waals surface area contributed by atoms with Gasteiger partial charge in [-0.25, -0.2) is 14.6 Å². The van der Waals surface area contributed by atoms with Gasteiger partial charge in [-0.15, -0.1) is 11.3 Å². The van der Waals surface area contributed by atoms with E-state index < -0.39 is 23.6 Å². The van der Waals surface area contributed by atoms with E-state index in [1.807, 2.05) is 0 Å². The Bertz CT molecular complexity index is 806. The summed E-state index contributed by atoms with van der Waals surface area (Å²) in [6.45, 7) is 5.26. The lowest BCUT2D eigenvalue weighted by atomic mass is 10.2. The number of nitrogens with zero attached hydrogens (tertiary/aromatic N) is 2. The number of allylic oxidation sites excluding steroid dienone is 1. The molecule has 2 heterocycles. The molecule has 0 atom stereocenters. The summed E-state index contributed by atoms with van der Waals surface area (Å²) < 4.78 is 9.83. The van der Waals surface area contributed by atoms with Crippen molar-refractivity contribution >= 4 is 34.4 Å². The Hall–Kier alpha value is -2.88. The van der Waals surface area contributed by atoms with Crippen LogP contribution < -0.4 is 10.6 Å². The highest BCUT2D eigenvalue weighted by Gasteiger charge is 2.21. The Morgan fingerprint density at radius 2 is 1.96 bits per heavy atom. The molecule has 0 saturated heterocycles. The van der Waals surface area contributed by atoms with Crippen LogP contribution in [0, 0.1) is 0 Å².